The molecule has 0 bridgehead atoms. The van der Waals surface area contributed by atoms with Gasteiger partial charge in [-0.15, -0.1) is 0 Å². The van der Waals surface area contributed by atoms with Crippen molar-refractivity contribution in [2.75, 3.05) is 0 Å². The first-order valence-electron chi connectivity index (χ1n) is 11.9. The van der Waals surface area contributed by atoms with E-state index in [1.807, 2.05) is 44.2 Å². The van der Waals surface area contributed by atoms with E-state index in [1.165, 1.54) is 16.0 Å². The van der Waals surface area contributed by atoms with Crippen molar-refractivity contribution in [1.82, 2.24) is 0 Å². The van der Waals surface area contributed by atoms with Crippen molar-refractivity contribution in [1.29, 1.82) is 0 Å². The highest BCUT2D eigenvalue weighted by Gasteiger charge is 2.18. The fourth-order valence-electron chi connectivity index (χ4n) is 3.23. The van der Waals surface area contributed by atoms with Gasteiger partial charge in [0.2, 0.25) is 0 Å². The second-order valence-corrected chi connectivity index (χ2v) is 9.59. The van der Waals surface area contributed by atoms with Crippen molar-refractivity contribution in [3.8, 4) is 0 Å². The normalized spacial score (nSPS) is 12.6. The largest absolute Gasteiger partial charge is 0.239 e. The second-order valence-electron chi connectivity index (χ2n) is 8.42. The van der Waals surface area contributed by atoms with Gasteiger partial charge in [-0.05, 0) is 78.2 Å². The molecule has 0 aliphatic heterocycles. The number of hydrogen-bond acceptors (Lipinski definition) is 1. The highest BCUT2D eigenvalue weighted by atomic mass is 32.2. The van der Waals surface area contributed by atoms with Crippen LogP contribution in [0.5, 0.6) is 0 Å². The molecule has 0 spiro atoms. The summed E-state index contributed by atoms with van der Waals surface area (Å²) in [6.07, 6.45) is 7.82. The van der Waals surface area contributed by atoms with Crippen LogP contribution in [0.15, 0.2) is 82.7 Å². The summed E-state index contributed by atoms with van der Waals surface area (Å²) in [4.78, 5) is 2.41. The van der Waals surface area contributed by atoms with Gasteiger partial charge in [-0.3, -0.25) is 0 Å². The molecule has 0 N–H and O–H groups in total. The molecule has 32 heavy (non-hydrogen) atoms. The summed E-state index contributed by atoms with van der Waals surface area (Å²) in [5.41, 5.74) is 3.98. The van der Waals surface area contributed by atoms with Gasteiger partial charge in [-0.1, -0.05) is 109 Å². The van der Waals surface area contributed by atoms with Crippen molar-refractivity contribution in [3.05, 3.63) is 93.8 Å². The van der Waals surface area contributed by atoms with E-state index in [0.717, 1.165) is 41.7 Å². The van der Waals surface area contributed by atoms with Crippen LogP contribution in [0.2, 0.25) is 0 Å². The van der Waals surface area contributed by atoms with Crippen LogP contribution in [0.3, 0.4) is 0 Å². The minimum absolute atomic E-state index is 0.464. The van der Waals surface area contributed by atoms with E-state index < -0.39 is 5.67 Å². The van der Waals surface area contributed by atoms with Crippen LogP contribution in [0.4, 0.5) is 4.39 Å². The first-order chi connectivity index (χ1) is 15.0. The minimum atomic E-state index is -1.32. The maximum absolute atomic E-state index is 14.2. The molecule has 0 amide bonds. The Morgan fingerprint density at radius 3 is 2.06 bits per heavy atom. The number of hydrogen-bond donors (Lipinski definition) is 0. The molecule has 0 unspecified atom stereocenters. The molecule has 1 rings (SSSR count). The zero-order valence-corrected chi connectivity index (χ0v) is 22.6. The van der Waals surface area contributed by atoms with Crippen molar-refractivity contribution < 1.29 is 4.39 Å². The third kappa shape index (κ3) is 9.77. The first-order valence-corrected chi connectivity index (χ1v) is 12.8. The van der Waals surface area contributed by atoms with Crippen molar-refractivity contribution in [2.45, 2.75) is 86.7 Å². The summed E-state index contributed by atoms with van der Waals surface area (Å²) in [6, 6.07) is 7.84. The average molecular weight is 457 g/mol. The fraction of sp³-hybridized carbons (Fsp3) is 0.467. The predicted molar refractivity (Wildman–Crippen MR) is 147 cm³/mol. The van der Waals surface area contributed by atoms with Gasteiger partial charge in [0, 0.05) is 4.91 Å². The van der Waals surface area contributed by atoms with Gasteiger partial charge in [-0.25, -0.2) is 4.39 Å². The van der Waals surface area contributed by atoms with E-state index in [9.17, 15) is 4.39 Å². The Labute approximate surface area is 202 Å². The Morgan fingerprint density at radius 1 is 1.09 bits per heavy atom. The number of halogens is 1. The first kappa shape index (κ1) is 30.2. The summed E-state index contributed by atoms with van der Waals surface area (Å²) in [6.45, 7) is 28.6. The lowest BCUT2D eigenvalue weighted by Crippen LogP contribution is -2.08. The Balaban J connectivity index is 0.00000466. The molecule has 2 heteroatoms. The standard InChI is InChI=1S/C28H39FS.C2H6/c1-10-13-27(20(4)5)30-22(7)26(25(12-3)21(6)11-2)19-16-23-14-17-24(18-15-23)28(8,9)29;1-2/h12-15,17-18,20H,3,6-7,10-11,16,19H2,1-2,4-5,8-9H3;1-2H3/b26-25+,27-13-;. The summed E-state index contributed by atoms with van der Waals surface area (Å²) in [5.74, 6) is 0.464. The van der Waals surface area contributed by atoms with Crippen LogP contribution in [-0.4, -0.2) is 0 Å². The Kier molecular flexibility index (Phi) is 14.3. The SMILES string of the molecule is C=C/C(C(=C)CC)=C(/CCc1ccc(C(C)(C)F)cc1)C(=C)S/C(=C\CC)C(C)C.CC. The lowest BCUT2D eigenvalue weighted by Gasteiger charge is -2.20. The monoisotopic (exact) mass is 456 g/mol. The molecule has 0 heterocycles. The lowest BCUT2D eigenvalue weighted by molar-refractivity contribution is 0.221. The van der Waals surface area contributed by atoms with E-state index in [4.69, 9.17) is 0 Å². The van der Waals surface area contributed by atoms with Crippen molar-refractivity contribution in [2.24, 2.45) is 5.92 Å². The van der Waals surface area contributed by atoms with Crippen molar-refractivity contribution >= 4 is 11.8 Å². The van der Waals surface area contributed by atoms with E-state index in [2.05, 4.69) is 53.5 Å². The minimum Gasteiger partial charge on any atom is -0.239 e. The smallest absolute Gasteiger partial charge is 0.130 e. The molecule has 0 fully saturated rings. The summed E-state index contributed by atoms with van der Waals surface area (Å²) >= 11 is 1.77. The number of benzene rings is 1. The molecular weight excluding hydrogens is 411 g/mol. The zero-order valence-electron chi connectivity index (χ0n) is 21.8. The predicted octanol–water partition coefficient (Wildman–Crippen LogP) is 10.5. The summed E-state index contributed by atoms with van der Waals surface area (Å²) < 4.78 is 14.2. The molecule has 0 nitrogen and oxygen atoms in total. The molecule has 1 aromatic carbocycles. The summed E-state index contributed by atoms with van der Waals surface area (Å²) in [7, 11) is 0. The van der Waals surface area contributed by atoms with Gasteiger partial charge in [0.1, 0.15) is 5.67 Å². The molecule has 0 aliphatic rings. The van der Waals surface area contributed by atoms with Gasteiger partial charge in [0.15, 0.2) is 0 Å². The van der Waals surface area contributed by atoms with Crippen LogP contribution < -0.4 is 0 Å². The van der Waals surface area contributed by atoms with Crippen LogP contribution in [0.1, 0.15) is 85.8 Å². The highest BCUT2D eigenvalue weighted by molar-refractivity contribution is 8.06. The number of allylic oxidation sites excluding steroid dienone is 6. The molecule has 0 saturated carbocycles. The van der Waals surface area contributed by atoms with Crippen molar-refractivity contribution in [3.63, 3.8) is 0 Å². The third-order valence-electron chi connectivity index (χ3n) is 5.19. The van der Waals surface area contributed by atoms with Crippen LogP contribution in [0.25, 0.3) is 0 Å². The van der Waals surface area contributed by atoms with Gasteiger partial charge in [0.25, 0.3) is 0 Å². The molecule has 1 aromatic rings. The molecule has 178 valence electrons. The molecule has 0 aromatic heterocycles. The molecule has 0 atom stereocenters. The molecule has 0 radical (unpaired) electrons. The van der Waals surface area contributed by atoms with Crippen LogP contribution >= 0.6 is 11.8 Å². The van der Waals surface area contributed by atoms with Crippen LogP contribution in [0, 0.1) is 5.92 Å². The van der Waals surface area contributed by atoms with Gasteiger partial charge in [-0.2, -0.15) is 0 Å². The van der Waals surface area contributed by atoms with E-state index in [1.54, 1.807) is 25.6 Å². The number of rotatable bonds is 12. The zero-order chi connectivity index (χ0) is 24.9. The van der Waals surface area contributed by atoms with E-state index in [-0.39, 0.29) is 0 Å². The lowest BCUT2D eigenvalue weighted by atomic mass is 9.93. The van der Waals surface area contributed by atoms with E-state index >= 15 is 0 Å². The Morgan fingerprint density at radius 2 is 1.66 bits per heavy atom. The van der Waals surface area contributed by atoms with Gasteiger partial charge in [0.05, 0.1) is 0 Å². The third-order valence-corrected chi connectivity index (χ3v) is 6.56. The second kappa shape index (κ2) is 15.1. The Bertz CT molecular complexity index is 798. The quantitative estimate of drug-likeness (QED) is 0.282. The number of thioether (sulfide) groups is 1. The highest BCUT2D eigenvalue weighted by Crippen LogP contribution is 2.39. The average Bonchev–Trinajstić information content (AvgIpc) is 2.76. The molecule has 0 aliphatic carbocycles. The Hall–Kier alpha value is -1.80. The van der Waals surface area contributed by atoms with E-state index in [0.29, 0.717) is 11.5 Å². The van der Waals surface area contributed by atoms with Gasteiger partial charge >= 0.3 is 0 Å². The number of alkyl halides is 1. The molecular formula is C30H45FS. The maximum Gasteiger partial charge on any atom is 0.130 e. The topological polar surface area (TPSA) is 0 Å². The maximum atomic E-state index is 14.2. The summed E-state index contributed by atoms with van der Waals surface area (Å²) in [5, 5.41) is 0. The fourth-order valence-corrected chi connectivity index (χ4v) is 4.34. The number of aryl methyl sites for hydroxylation is 1. The van der Waals surface area contributed by atoms with Crippen LogP contribution in [-0.2, 0) is 12.1 Å². The molecule has 0 saturated heterocycles. The van der Waals surface area contributed by atoms with Gasteiger partial charge < -0.3 is 0 Å².